The molecule has 1 heterocycles. The highest BCUT2D eigenvalue weighted by molar-refractivity contribution is 6.74. The molecule has 2 atom stereocenters. The zero-order valence-electron chi connectivity index (χ0n) is 20.9. The molecule has 32 heavy (non-hydrogen) atoms. The Morgan fingerprint density at radius 1 is 1.00 bits per heavy atom. The fourth-order valence-electron chi connectivity index (χ4n) is 3.89. The van der Waals surface area contributed by atoms with Crippen LogP contribution in [0.4, 0.5) is 0 Å². The molecule has 3 heteroatoms. The van der Waals surface area contributed by atoms with Crippen molar-refractivity contribution >= 4 is 24.7 Å². The molecule has 1 aliphatic heterocycles. The van der Waals surface area contributed by atoms with E-state index in [1.54, 1.807) is 0 Å². The van der Waals surface area contributed by atoms with Gasteiger partial charge in [-0.1, -0.05) is 81.5 Å². The number of hydrogen-bond donors (Lipinski definition) is 0. The van der Waals surface area contributed by atoms with E-state index in [1.807, 2.05) is 0 Å². The van der Waals surface area contributed by atoms with Crippen LogP contribution in [0.2, 0.25) is 18.1 Å². The molecule has 1 aliphatic rings. The third kappa shape index (κ3) is 6.09. The summed E-state index contributed by atoms with van der Waals surface area (Å²) in [7, 11) is -1.82. The van der Waals surface area contributed by atoms with E-state index in [0.29, 0.717) is 0 Å². The van der Waals surface area contributed by atoms with Gasteiger partial charge in [0.15, 0.2) is 8.32 Å². The van der Waals surface area contributed by atoms with Gasteiger partial charge < -0.3 is 9.16 Å². The van der Waals surface area contributed by atoms with Gasteiger partial charge in [0.1, 0.15) is 6.10 Å². The SMILES string of the molecule is CC(=CC=CC=C(C)[C@@H]1OCCC[C@H]1O[Si](C)(C)C(C)(C)C)c1ccc2ccccc2c1. The highest BCUT2D eigenvalue weighted by atomic mass is 28.4. The molecule has 0 N–H and O–H groups in total. The summed E-state index contributed by atoms with van der Waals surface area (Å²) < 4.78 is 12.9. The van der Waals surface area contributed by atoms with Crippen LogP contribution in [0.5, 0.6) is 0 Å². The zero-order valence-corrected chi connectivity index (χ0v) is 21.9. The number of rotatable bonds is 6. The summed E-state index contributed by atoms with van der Waals surface area (Å²) in [6.07, 6.45) is 11.0. The molecule has 1 saturated heterocycles. The average Bonchev–Trinajstić information content (AvgIpc) is 2.75. The van der Waals surface area contributed by atoms with Crippen molar-refractivity contribution in [3.05, 3.63) is 77.9 Å². The molecule has 2 aromatic carbocycles. The fourth-order valence-corrected chi connectivity index (χ4v) is 5.24. The van der Waals surface area contributed by atoms with Gasteiger partial charge in [-0.05, 0) is 78.4 Å². The number of benzene rings is 2. The lowest BCUT2D eigenvalue weighted by Crippen LogP contribution is -2.49. The molecule has 1 fully saturated rings. The van der Waals surface area contributed by atoms with Gasteiger partial charge in [0.2, 0.25) is 0 Å². The smallest absolute Gasteiger partial charge is 0.192 e. The van der Waals surface area contributed by atoms with Gasteiger partial charge in [-0.25, -0.2) is 0 Å². The molecule has 0 radical (unpaired) electrons. The summed E-state index contributed by atoms with van der Waals surface area (Å²) in [5.74, 6) is 0. The van der Waals surface area contributed by atoms with Crippen molar-refractivity contribution in [1.29, 1.82) is 0 Å². The molecular formula is C29H40O2Si. The Morgan fingerprint density at radius 2 is 1.69 bits per heavy atom. The number of hydrogen-bond acceptors (Lipinski definition) is 2. The lowest BCUT2D eigenvalue weighted by Gasteiger charge is -2.43. The van der Waals surface area contributed by atoms with Gasteiger partial charge in [0.05, 0.1) is 6.10 Å². The minimum atomic E-state index is -1.82. The van der Waals surface area contributed by atoms with E-state index in [2.05, 4.69) is 114 Å². The summed E-state index contributed by atoms with van der Waals surface area (Å²) in [4.78, 5) is 0. The molecule has 172 valence electrons. The Bertz CT molecular complexity index is 1010. The Morgan fingerprint density at radius 3 is 2.41 bits per heavy atom. The monoisotopic (exact) mass is 448 g/mol. The fraction of sp³-hybridized carbons (Fsp3) is 0.448. The van der Waals surface area contributed by atoms with Crippen molar-refractivity contribution in [1.82, 2.24) is 0 Å². The molecule has 0 spiro atoms. The number of ether oxygens (including phenoxy) is 1. The van der Waals surface area contributed by atoms with Crippen molar-refractivity contribution in [2.75, 3.05) is 6.61 Å². The van der Waals surface area contributed by atoms with Crippen LogP contribution in [0, 0.1) is 0 Å². The first-order valence-corrected chi connectivity index (χ1v) is 14.8. The van der Waals surface area contributed by atoms with E-state index in [4.69, 9.17) is 9.16 Å². The summed E-state index contributed by atoms with van der Waals surface area (Å²) in [5, 5.41) is 2.76. The maximum absolute atomic E-state index is 6.75. The standard InChI is InChI=1S/C29H40O2Si/c1-22(25-19-18-24-15-10-11-16-26(24)21-25)13-8-9-14-23(2)28-27(17-12-20-30-28)31-32(6,7)29(3,4)5/h8-11,13-16,18-19,21,27-28H,12,17,20H2,1-7H3/t27-,28+/m1/s1. The van der Waals surface area contributed by atoms with Crippen LogP contribution in [-0.4, -0.2) is 27.1 Å². The molecule has 2 aromatic rings. The van der Waals surface area contributed by atoms with Crippen molar-refractivity contribution < 1.29 is 9.16 Å². The van der Waals surface area contributed by atoms with Crippen LogP contribution < -0.4 is 0 Å². The number of fused-ring (bicyclic) bond motifs is 1. The summed E-state index contributed by atoms with van der Waals surface area (Å²) in [6, 6.07) is 15.1. The van der Waals surface area contributed by atoms with Crippen molar-refractivity contribution in [3.63, 3.8) is 0 Å². The Labute approximate surface area is 196 Å². The van der Waals surface area contributed by atoms with E-state index in [-0.39, 0.29) is 17.2 Å². The van der Waals surface area contributed by atoms with E-state index in [9.17, 15) is 0 Å². The van der Waals surface area contributed by atoms with Crippen LogP contribution in [-0.2, 0) is 9.16 Å². The second kappa shape index (κ2) is 10.3. The summed E-state index contributed by atoms with van der Waals surface area (Å²) in [6.45, 7) is 16.7. The second-order valence-electron chi connectivity index (χ2n) is 10.6. The van der Waals surface area contributed by atoms with Gasteiger partial charge in [-0.3, -0.25) is 0 Å². The van der Waals surface area contributed by atoms with Gasteiger partial charge in [-0.2, -0.15) is 0 Å². The second-order valence-corrected chi connectivity index (χ2v) is 15.3. The molecule has 0 unspecified atom stereocenters. The normalized spacial score (nSPS) is 21.5. The lowest BCUT2D eigenvalue weighted by molar-refractivity contribution is -0.0478. The van der Waals surface area contributed by atoms with Crippen LogP contribution in [0.25, 0.3) is 16.3 Å². The minimum Gasteiger partial charge on any atom is -0.411 e. The molecule has 0 aromatic heterocycles. The summed E-state index contributed by atoms with van der Waals surface area (Å²) in [5.41, 5.74) is 3.75. The zero-order chi connectivity index (χ0) is 23.4. The molecule has 0 bridgehead atoms. The van der Waals surface area contributed by atoms with Crippen LogP contribution in [0.3, 0.4) is 0 Å². The molecule has 3 rings (SSSR count). The van der Waals surface area contributed by atoms with Crippen molar-refractivity contribution in [2.45, 2.75) is 77.8 Å². The van der Waals surface area contributed by atoms with Crippen LogP contribution in [0.1, 0.15) is 53.0 Å². The molecule has 0 saturated carbocycles. The van der Waals surface area contributed by atoms with Crippen LogP contribution >= 0.6 is 0 Å². The van der Waals surface area contributed by atoms with Crippen LogP contribution in [0.15, 0.2) is 72.3 Å². The number of allylic oxidation sites excluding steroid dienone is 5. The first-order chi connectivity index (χ1) is 15.1. The summed E-state index contributed by atoms with van der Waals surface area (Å²) >= 11 is 0. The van der Waals surface area contributed by atoms with Gasteiger partial charge in [0.25, 0.3) is 0 Å². The third-order valence-electron chi connectivity index (χ3n) is 6.99. The minimum absolute atomic E-state index is 0.0492. The molecule has 0 aliphatic carbocycles. The van der Waals surface area contributed by atoms with Gasteiger partial charge in [0, 0.05) is 6.61 Å². The Kier molecular flexibility index (Phi) is 7.97. The highest BCUT2D eigenvalue weighted by Crippen LogP contribution is 2.39. The maximum Gasteiger partial charge on any atom is 0.192 e. The highest BCUT2D eigenvalue weighted by Gasteiger charge is 2.41. The Hall–Kier alpha value is -1.94. The quantitative estimate of drug-likeness (QED) is 0.327. The predicted molar refractivity (Wildman–Crippen MR) is 142 cm³/mol. The first kappa shape index (κ1) is 24.7. The van der Waals surface area contributed by atoms with E-state index in [1.165, 1.54) is 27.5 Å². The molecule has 2 nitrogen and oxygen atoms in total. The molecular weight excluding hydrogens is 408 g/mol. The average molecular weight is 449 g/mol. The maximum atomic E-state index is 6.75. The third-order valence-corrected chi connectivity index (χ3v) is 11.5. The van der Waals surface area contributed by atoms with Gasteiger partial charge in [-0.15, -0.1) is 0 Å². The molecule has 0 amide bonds. The van der Waals surface area contributed by atoms with E-state index >= 15 is 0 Å². The van der Waals surface area contributed by atoms with E-state index in [0.717, 1.165) is 19.4 Å². The van der Waals surface area contributed by atoms with Gasteiger partial charge >= 0.3 is 0 Å². The van der Waals surface area contributed by atoms with Crippen molar-refractivity contribution in [2.24, 2.45) is 0 Å². The first-order valence-electron chi connectivity index (χ1n) is 11.9. The predicted octanol–water partition coefficient (Wildman–Crippen LogP) is 8.32. The topological polar surface area (TPSA) is 18.5 Å². The largest absolute Gasteiger partial charge is 0.411 e. The lowest BCUT2D eigenvalue weighted by atomic mass is 9.99. The van der Waals surface area contributed by atoms with E-state index < -0.39 is 8.32 Å². The Balaban J connectivity index is 1.69. The van der Waals surface area contributed by atoms with Crippen molar-refractivity contribution in [3.8, 4) is 0 Å².